The molecule has 6 nitrogen and oxygen atoms in total. The summed E-state index contributed by atoms with van der Waals surface area (Å²) < 4.78 is 38.5. The van der Waals surface area contributed by atoms with Gasteiger partial charge in [-0.05, 0) is 12.1 Å². The number of carbonyl (C=O) groups excluding carboxylic acids is 1. The first-order valence-corrected chi connectivity index (χ1v) is 5.12. The van der Waals surface area contributed by atoms with Crippen molar-refractivity contribution in [2.75, 3.05) is 0 Å². The Balaban J connectivity index is 2.95. The second-order valence-corrected chi connectivity index (χ2v) is 3.72. The molecule has 0 heterocycles. The summed E-state index contributed by atoms with van der Waals surface area (Å²) in [6, 6.07) is -1.04. The number of nitrogens with one attached hydrogen (secondary N) is 1. The van der Waals surface area contributed by atoms with Crippen molar-refractivity contribution in [3.63, 3.8) is 0 Å². The summed E-state index contributed by atoms with van der Waals surface area (Å²) in [5, 5.41) is 18.9. The van der Waals surface area contributed by atoms with E-state index in [0.29, 0.717) is 12.1 Å². The monoisotopic (exact) mass is 291 g/mol. The Morgan fingerprint density at radius 2 is 1.60 bits per heavy atom. The Labute approximate surface area is 109 Å². The number of amides is 1. The molecule has 3 N–H and O–H groups in total. The highest BCUT2D eigenvalue weighted by atomic mass is 19.2. The molecular formula is C11H8F3NO5. The number of benzene rings is 1. The summed E-state index contributed by atoms with van der Waals surface area (Å²) in [6.07, 6.45) is -0.923. The largest absolute Gasteiger partial charge is 0.481 e. The zero-order chi connectivity index (χ0) is 15.4. The number of rotatable bonds is 5. The van der Waals surface area contributed by atoms with Gasteiger partial charge in [-0.2, -0.15) is 0 Å². The van der Waals surface area contributed by atoms with Gasteiger partial charge in [0.15, 0.2) is 17.5 Å². The Hall–Kier alpha value is -2.58. The van der Waals surface area contributed by atoms with Crippen LogP contribution in [0.1, 0.15) is 16.8 Å². The SMILES string of the molecule is O=C(O)C[C@H](NC(=O)c1cc(F)c(F)c(F)c1)C(=O)O. The lowest BCUT2D eigenvalue weighted by molar-refractivity contribution is -0.145. The van der Waals surface area contributed by atoms with Crippen LogP contribution in [0.3, 0.4) is 0 Å². The quantitative estimate of drug-likeness (QED) is 0.695. The van der Waals surface area contributed by atoms with Gasteiger partial charge < -0.3 is 15.5 Å². The summed E-state index contributed by atoms with van der Waals surface area (Å²) >= 11 is 0. The maximum absolute atomic E-state index is 12.9. The van der Waals surface area contributed by atoms with E-state index in [1.807, 2.05) is 0 Å². The zero-order valence-electron chi connectivity index (χ0n) is 9.69. The molecule has 0 radical (unpaired) electrons. The Morgan fingerprint density at radius 3 is 2.00 bits per heavy atom. The van der Waals surface area contributed by atoms with E-state index >= 15 is 0 Å². The van der Waals surface area contributed by atoms with Crippen LogP contribution in [0.4, 0.5) is 13.2 Å². The van der Waals surface area contributed by atoms with Crippen LogP contribution in [0.5, 0.6) is 0 Å². The fourth-order valence-electron chi connectivity index (χ4n) is 1.30. The molecule has 9 heteroatoms. The van der Waals surface area contributed by atoms with E-state index in [1.54, 1.807) is 5.32 Å². The van der Waals surface area contributed by atoms with Crippen molar-refractivity contribution in [1.82, 2.24) is 5.32 Å². The van der Waals surface area contributed by atoms with Crippen molar-refractivity contribution in [1.29, 1.82) is 0 Å². The summed E-state index contributed by atoms with van der Waals surface area (Å²) in [5.74, 6) is -9.39. The molecule has 1 rings (SSSR count). The van der Waals surface area contributed by atoms with E-state index in [0.717, 1.165) is 0 Å². The molecule has 1 aromatic carbocycles. The minimum Gasteiger partial charge on any atom is -0.481 e. The van der Waals surface area contributed by atoms with Crippen LogP contribution < -0.4 is 5.32 Å². The topological polar surface area (TPSA) is 104 Å². The van der Waals surface area contributed by atoms with E-state index in [9.17, 15) is 27.6 Å². The average Bonchev–Trinajstić information content (AvgIpc) is 2.33. The minimum absolute atomic E-state index is 0.368. The van der Waals surface area contributed by atoms with E-state index in [2.05, 4.69) is 0 Å². The number of aliphatic carboxylic acids is 2. The van der Waals surface area contributed by atoms with Crippen LogP contribution in [0.25, 0.3) is 0 Å². The van der Waals surface area contributed by atoms with Crippen LogP contribution >= 0.6 is 0 Å². The van der Waals surface area contributed by atoms with Gasteiger partial charge in [0.05, 0.1) is 6.42 Å². The number of hydrogen-bond donors (Lipinski definition) is 3. The van der Waals surface area contributed by atoms with Gasteiger partial charge in [-0.1, -0.05) is 0 Å². The molecule has 0 fully saturated rings. The highest BCUT2D eigenvalue weighted by molar-refractivity contribution is 5.97. The van der Waals surface area contributed by atoms with Crippen molar-refractivity contribution < 1.29 is 37.8 Å². The molecule has 20 heavy (non-hydrogen) atoms. The molecule has 0 aliphatic heterocycles. The number of carboxylic acids is 2. The van der Waals surface area contributed by atoms with Crippen molar-refractivity contribution in [3.05, 3.63) is 35.1 Å². The molecule has 0 bridgehead atoms. The molecule has 0 aliphatic rings. The van der Waals surface area contributed by atoms with Crippen LogP contribution in [-0.4, -0.2) is 34.1 Å². The van der Waals surface area contributed by atoms with Gasteiger partial charge in [-0.25, -0.2) is 18.0 Å². The fraction of sp³-hybridized carbons (Fsp3) is 0.182. The van der Waals surface area contributed by atoms with Gasteiger partial charge in [0.25, 0.3) is 5.91 Å². The summed E-state index contributed by atoms with van der Waals surface area (Å²) in [7, 11) is 0. The number of hydrogen-bond acceptors (Lipinski definition) is 3. The molecule has 0 spiro atoms. The predicted octanol–water partition coefficient (Wildman–Crippen LogP) is 0.762. The molecule has 1 aromatic rings. The number of halogens is 3. The Bertz CT molecular complexity index is 552. The first-order chi connectivity index (χ1) is 9.22. The third-order valence-corrected chi connectivity index (χ3v) is 2.23. The third kappa shape index (κ3) is 3.70. The number of carbonyl (C=O) groups is 3. The molecule has 0 saturated carbocycles. The highest BCUT2D eigenvalue weighted by Crippen LogP contribution is 2.13. The average molecular weight is 291 g/mol. The molecule has 0 unspecified atom stereocenters. The highest BCUT2D eigenvalue weighted by Gasteiger charge is 2.24. The van der Waals surface area contributed by atoms with Gasteiger partial charge in [0, 0.05) is 5.56 Å². The summed E-state index contributed by atoms with van der Waals surface area (Å²) in [4.78, 5) is 32.6. The first-order valence-electron chi connectivity index (χ1n) is 5.12. The van der Waals surface area contributed by atoms with Gasteiger partial charge in [-0.3, -0.25) is 9.59 Å². The Kier molecular flexibility index (Phi) is 4.68. The predicted molar refractivity (Wildman–Crippen MR) is 57.5 cm³/mol. The lowest BCUT2D eigenvalue weighted by atomic mass is 10.1. The van der Waals surface area contributed by atoms with Gasteiger partial charge in [0.1, 0.15) is 6.04 Å². The van der Waals surface area contributed by atoms with Gasteiger partial charge in [-0.15, -0.1) is 0 Å². The Morgan fingerprint density at radius 1 is 1.10 bits per heavy atom. The van der Waals surface area contributed by atoms with Crippen LogP contribution in [0, 0.1) is 17.5 Å². The van der Waals surface area contributed by atoms with Crippen molar-refractivity contribution in [2.24, 2.45) is 0 Å². The standard InChI is InChI=1S/C11H8F3NO5/c12-5-1-4(2-6(13)9(5)14)10(18)15-7(11(19)20)3-8(16)17/h1-2,7H,3H2,(H,15,18)(H,16,17)(H,19,20)/t7-/m0/s1. The second-order valence-electron chi connectivity index (χ2n) is 3.72. The summed E-state index contributed by atoms with van der Waals surface area (Å²) in [6.45, 7) is 0. The smallest absolute Gasteiger partial charge is 0.326 e. The fourth-order valence-corrected chi connectivity index (χ4v) is 1.30. The minimum atomic E-state index is -1.78. The van der Waals surface area contributed by atoms with Gasteiger partial charge >= 0.3 is 11.9 Å². The molecular weight excluding hydrogens is 283 g/mol. The van der Waals surface area contributed by atoms with Crippen LogP contribution in [0.2, 0.25) is 0 Å². The molecule has 0 aromatic heterocycles. The maximum Gasteiger partial charge on any atom is 0.326 e. The molecule has 108 valence electrons. The second kappa shape index (κ2) is 6.04. The molecule has 0 saturated heterocycles. The van der Waals surface area contributed by atoms with Crippen molar-refractivity contribution in [2.45, 2.75) is 12.5 Å². The first kappa shape index (κ1) is 15.5. The lowest BCUT2D eigenvalue weighted by Gasteiger charge is -2.12. The van der Waals surface area contributed by atoms with E-state index in [-0.39, 0.29) is 0 Å². The maximum atomic E-state index is 12.9. The van der Waals surface area contributed by atoms with Crippen LogP contribution in [-0.2, 0) is 9.59 Å². The van der Waals surface area contributed by atoms with Crippen molar-refractivity contribution >= 4 is 17.8 Å². The normalized spacial score (nSPS) is 11.8. The van der Waals surface area contributed by atoms with E-state index in [4.69, 9.17) is 10.2 Å². The van der Waals surface area contributed by atoms with E-state index < -0.39 is 53.3 Å². The van der Waals surface area contributed by atoms with E-state index in [1.165, 1.54) is 0 Å². The van der Waals surface area contributed by atoms with Gasteiger partial charge in [0.2, 0.25) is 0 Å². The molecule has 1 amide bonds. The number of carboxylic acid groups (broad SMARTS) is 2. The van der Waals surface area contributed by atoms with Crippen LogP contribution in [0.15, 0.2) is 12.1 Å². The molecule has 1 atom stereocenters. The lowest BCUT2D eigenvalue weighted by Crippen LogP contribution is -2.42. The van der Waals surface area contributed by atoms with Crippen molar-refractivity contribution in [3.8, 4) is 0 Å². The summed E-state index contributed by atoms with van der Waals surface area (Å²) in [5.41, 5.74) is -0.668. The third-order valence-electron chi connectivity index (χ3n) is 2.23. The molecule has 0 aliphatic carbocycles. The zero-order valence-corrected chi connectivity index (χ0v) is 9.69.